The minimum Gasteiger partial charge on any atom is -0.398 e. The number of benzene rings is 1. The van der Waals surface area contributed by atoms with E-state index in [0.29, 0.717) is 16.9 Å². The molecule has 2 aromatic rings. The maximum atomic E-state index is 12.5. The summed E-state index contributed by atoms with van der Waals surface area (Å²) in [5.74, 6) is 0. The summed E-state index contributed by atoms with van der Waals surface area (Å²) in [7, 11) is -3.65. The van der Waals surface area contributed by atoms with Gasteiger partial charge in [0, 0.05) is 11.9 Å². The molecule has 0 saturated carbocycles. The summed E-state index contributed by atoms with van der Waals surface area (Å²) in [5, 5.41) is 0. The molecule has 6 heteroatoms. The third-order valence-corrected chi connectivity index (χ3v) is 4.96. The lowest BCUT2D eigenvalue weighted by molar-refractivity contribution is 0.563. The van der Waals surface area contributed by atoms with E-state index in [0.717, 1.165) is 5.56 Å². The van der Waals surface area contributed by atoms with Gasteiger partial charge in [-0.3, -0.25) is 4.98 Å². The van der Waals surface area contributed by atoms with Crippen molar-refractivity contribution in [2.24, 2.45) is 0 Å². The fourth-order valence-electron chi connectivity index (χ4n) is 2.12. The Kier molecular flexibility index (Phi) is 4.29. The van der Waals surface area contributed by atoms with Gasteiger partial charge in [-0.1, -0.05) is 6.07 Å². The van der Waals surface area contributed by atoms with Crippen LogP contribution in [0.15, 0.2) is 41.4 Å². The second kappa shape index (κ2) is 5.83. The van der Waals surface area contributed by atoms with Crippen molar-refractivity contribution in [1.29, 1.82) is 0 Å². The predicted molar refractivity (Wildman–Crippen MR) is 83.3 cm³/mol. The van der Waals surface area contributed by atoms with Gasteiger partial charge in [0.25, 0.3) is 0 Å². The Bertz CT molecular complexity index is 743. The van der Waals surface area contributed by atoms with E-state index >= 15 is 0 Å². The van der Waals surface area contributed by atoms with Gasteiger partial charge in [0.1, 0.15) is 0 Å². The van der Waals surface area contributed by atoms with E-state index < -0.39 is 16.1 Å². The highest BCUT2D eigenvalue weighted by molar-refractivity contribution is 7.89. The molecule has 1 unspecified atom stereocenters. The van der Waals surface area contributed by atoms with Crippen LogP contribution in [-0.2, 0) is 10.0 Å². The van der Waals surface area contributed by atoms with Crippen molar-refractivity contribution >= 4 is 15.7 Å². The fraction of sp³-hybridized carbons (Fsp3) is 0.267. The van der Waals surface area contributed by atoms with Crippen molar-refractivity contribution in [3.8, 4) is 0 Å². The quantitative estimate of drug-likeness (QED) is 0.849. The first kappa shape index (κ1) is 15.5. The van der Waals surface area contributed by atoms with E-state index in [1.54, 1.807) is 44.3 Å². The number of pyridine rings is 1. The number of rotatable bonds is 4. The van der Waals surface area contributed by atoms with Gasteiger partial charge in [0.05, 0.1) is 16.6 Å². The SMILES string of the molecule is Cc1cc(N)c(C)c(S(=O)(=O)NC(C)c2ccccn2)c1. The molecule has 1 aromatic heterocycles. The Balaban J connectivity index is 2.35. The molecular formula is C15H19N3O2S. The Morgan fingerprint density at radius 2 is 1.95 bits per heavy atom. The minimum absolute atomic E-state index is 0.211. The summed E-state index contributed by atoms with van der Waals surface area (Å²) in [6.07, 6.45) is 1.63. The lowest BCUT2D eigenvalue weighted by atomic mass is 10.1. The van der Waals surface area contributed by atoms with E-state index in [-0.39, 0.29) is 4.90 Å². The number of nitrogens with zero attached hydrogens (tertiary/aromatic N) is 1. The van der Waals surface area contributed by atoms with Gasteiger partial charge in [0.15, 0.2) is 0 Å². The number of nitrogen functional groups attached to an aromatic ring is 1. The molecule has 1 atom stereocenters. The standard InChI is InChI=1S/C15H19N3O2S/c1-10-8-13(16)11(2)15(9-10)21(19,20)18-12(3)14-6-4-5-7-17-14/h4-9,12,18H,16H2,1-3H3. The average Bonchev–Trinajstić information content (AvgIpc) is 2.43. The Labute approximate surface area is 125 Å². The first-order valence-corrected chi connectivity index (χ1v) is 8.09. The molecule has 1 aromatic carbocycles. The monoisotopic (exact) mass is 305 g/mol. The number of sulfonamides is 1. The molecule has 0 aliphatic carbocycles. The van der Waals surface area contributed by atoms with Crippen LogP contribution in [0, 0.1) is 13.8 Å². The van der Waals surface area contributed by atoms with Crippen LogP contribution in [0.5, 0.6) is 0 Å². The molecule has 0 amide bonds. The smallest absolute Gasteiger partial charge is 0.241 e. The van der Waals surface area contributed by atoms with Crippen LogP contribution in [-0.4, -0.2) is 13.4 Å². The van der Waals surface area contributed by atoms with E-state index in [1.165, 1.54) is 0 Å². The highest BCUT2D eigenvalue weighted by atomic mass is 32.2. The maximum absolute atomic E-state index is 12.5. The summed E-state index contributed by atoms with van der Waals surface area (Å²) in [6, 6.07) is 8.36. The van der Waals surface area contributed by atoms with Crippen molar-refractivity contribution < 1.29 is 8.42 Å². The van der Waals surface area contributed by atoms with Gasteiger partial charge >= 0.3 is 0 Å². The summed E-state index contributed by atoms with van der Waals surface area (Å²) in [5.41, 5.74) is 8.36. The Morgan fingerprint density at radius 1 is 1.24 bits per heavy atom. The number of nitrogens with one attached hydrogen (secondary N) is 1. The van der Waals surface area contributed by atoms with Gasteiger partial charge < -0.3 is 5.73 Å². The normalized spacial score (nSPS) is 13.1. The minimum atomic E-state index is -3.65. The number of aryl methyl sites for hydroxylation is 1. The number of anilines is 1. The molecular weight excluding hydrogens is 286 g/mol. The zero-order chi connectivity index (χ0) is 15.6. The van der Waals surface area contributed by atoms with E-state index in [2.05, 4.69) is 9.71 Å². The molecule has 0 saturated heterocycles. The first-order chi connectivity index (χ1) is 9.81. The van der Waals surface area contributed by atoms with Crippen LogP contribution in [0.2, 0.25) is 0 Å². The van der Waals surface area contributed by atoms with Crippen molar-refractivity contribution in [1.82, 2.24) is 9.71 Å². The summed E-state index contributed by atoms with van der Waals surface area (Å²) >= 11 is 0. The fourth-order valence-corrected chi connectivity index (χ4v) is 3.70. The Hall–Kier alpha value is -1.92. The molecule has 3 N–H and O–H groups in total. The van der Waals surface area contributed by atoms with Gasteiger partial charge in [-0.15, -0.1) is 0 Å². The summed E-state index contributed by atoms with van der Waals surface area (Å²) < 4.78 is 27.7. The molecule has 0 bridgehead atoms. The van der Waals surface area contributed by atoms with E-state index in [1.807, 2.05) is 13.0 Å². The zero-order valence-corrected chi connectivity index (χ0v) is 13.1. The van der Waals surface area contributed by atoms with Crippen LogP contribution in [0.4, 0.5) is 5.69 Å². The average molecular weight is 305 g/mol. The van der Waals surface area contributed by atoms with Crippen LogP contribution in [0.25, 0.3) is 0 Å². The Morgan fingerprint density at radius 3 is 2.57 bits per heavy atom. The molecule has 0 aliphatic rings. The molecule has 21 heavy (non-hydrogen) atoms. The lowest BCUT2D eigenvalue weighted by Gasteiger charge is -2.16. The van der Waals surface area contributed by atoms with Crippen LogP contribution in [0.1, 0.15) is 29.8 Å². The third kappa shape index (κ3) is 3.40. The summed E-state index contributed by atoms with van der Waals surface area (Å²) in [4.78, 5) is 4.37. The van der Waals surface area contributed by atoms with Crippen LogP contribution in [0.3, 0.4) is 0 Å². The molecule has 5 nitrogen and oxygen atoms in total. The maximum Gasteiger partial charge on any atom is 0.241 e. The molecule has 0 radical (unpaired) electrons. The highest BCUT2D eigenvalue weighted by Crippen LogP contribution is 2.24. The van der Waals surface area contributed by atoms with Crippen LogP contribution >= 0.6 is 0 Å². The number of nitrogens with two attached hydrogens (primary N) is 1. The van der Waals surface area contributed by atoms with Crippen molar-refractivity contribution in [2.75, 3.05) is 5.73 Å². The third-order valence-electron chi connectivity index (χ3n) is 3.30. The van der Waals surface area contributed by atoms with Crippen molar-refractivity contribution in [2.45, 2.75) is 31.7 Å². The lowest BCUT2D eigenvalue weighted by Crippen LogP contribution is -2.28. The van der Waals surface area contributed by atoms with E-state index in [9.17, 15) is 8.42 Å². The highest BCUT2D eigenvalue weighted by Gasteiger charge is 2.22. The van der Waals surface area contributed by atoms with Gasteiger partial charge in [0.2, 0.25) is 10.0 Å². The van der Waals surface area contributed by atoms with E-state index in [4.69, 9.17) is 5.73 Å². The number of hydrogen-bond donors (Lipinski definition) is 2. The van der Waals surface area contributed by atoms with Gasteiger partial charge in [-0.25, -0.2) is 13.1 Å². The molecule has 1 heterocycles. The molecule has 0 fully saturated rings. The predicted octanol–water partition coefficient (Wildman–Crippen LogP) is 2.32. The largest absolute Gasteiger partial charge is 0.398 e. The molecule has 2 rings (SSSR count). The van der Waals surface area contributed by atoms with Gasteiger partial charge in [-0.2, -0.15) is 0 Å². The topological polar surface area (TPSA) is 85.1 Å². The second-order valence-corrected chi connectivity index (χ2v) is 6.76. The molecule has 0 aliphatic heterocycles. The van der Waals surface area contributed by atoms with Gasteiger partial charge in [-0.05, 0) is 56.2 Å². The summed E-state index contributed by atoms with van der Waals surface area (Å²) in [6.45, 7) is 5.28. The first-order valence-electron chi connectivity index (χ1n) is 6.61. The number of aromatic nitrogens is 1. The van der Waals surface area contributed by atoms with Crippen LogP contribution < -0.4 is 10.5 Å². The molecule has 0 spiro atoms. The zero-order valence-electron chi connectivity index (χ0n) is 12.3. The second-order valence-electron chi connectivity index (χ2n) is 5.07. The van der Waals surface area contributed by atoms with Crippen molar-refractivity contribution in [3.63, 3.8) is 0 Å². The number of hydrogen-bond acceptors (Lipinski definition) is 4. The molecule has 112 valence electrons. The van der Waals surface area contributed by atoms with Crippen molar-refractivity contribution in [3.05, 3.63) is 53.3 Å².